The van der Waals surface area contributed by atoms with Crippen LogP contribution in [0.15, 0.2) is 80.0 Å². The highest BCUT2D eigenvalue weighted by atomic mass is 79.9. The van der Waals surface area contributed by atoms with Crippen molar-refractivity contribution in [3.8, 4) is 0 Å². The lowest BCUT2D eigenvalue weighted by atomic mass is 9.30. The summed E-state index contributed by atoms with van der Waals surface area (Å²) in [5, 5.41) is 0. The molecule has 0 amide bonds. The van der Waals surface area contributed by atoms with E-state index in [4.69, 9.17) is 0 Å². The summed E-state index contributed by atoms with van der Waals surface area (Å²) in [5.41, 5.74) is 10.9. The first-order valence-corrected chi connectivity index (χ1v) is 10.4. The lowest BCUT2D eigenvalue weighted by Crippen LogP contribution is -2.63. The van der Waals surface area contributed by atoms with Crippen LogP contribution < -0.4 is 0 Å². The fraction of sp³-hybridized carbons (Fsp3) is 0.440. The Labute approximate surface area is 166 Å². The van der Waals surface area contributed by atoms with Crippen molar-refractivity contribution in [2.75, 3.05) is 0 Å². The maximum absolute atomic E-state index is 3.93. The van der Waals surface area contributed by atoms with Gasteiger partial charge in [0.1, 0.15) is 0 Å². The van der Waals surface area contributed by atoms with Crippen LogP contribution in [0, 0.1) is 21.7 Å². The molecule has 0 bridgehead atoms. The molecule has 0 aromatic rings. The van der Waals surface area contributed by atoms with Crippen LogP contribution in [0.3, 0.4) is 0 Å². The average molecular weight is 407 g/mol. The van der Waals surface area contributed by atoms with Gasteiger partial charge in [0.2, 0.25) is 0 Å². The second kappa shape index (κ2) is 4.38. The van der Waals surface area contributed by atoms with Crippen molar-refractivity contribution in [3.63, 3.8) is 0 Å². The minimum absolute atomic E-state index is 0.0699. The highest BCUT2D eigenvalue weighted by Gasteiger charge is 2.73. The molecule has 0 aromatic heterocycles. The van der Waals surface area contributed by atoms with E-state index in [1.165, 1.54) is 37.9 Å². The molecule has 0 nitrogen and oxygen atoms in total. The fourth-order valence-corrected chi connectivity index (χ4v) is 6.30. The van der Waals surface area contributed by atoms with Crippen molar-refractivity contribution in [2.24, 2.45) is 21.7 Å². The van der Waals surface area contributed by atoms with E-state index >= 15 is 0 Å². The predicted molar refractivity (Wildman–Crippen MR) is 114 cm³/mol. The van der Waals surface area contributed by atoms with Crippen molar-refractivity contribution >= 4 is 15.9 Å². The van der Waals surface area contributed by atoms with Crippen molar-refractivity contribution in [3.05, 3.63) is 80.0 Å². The number of fused-ring (bicyclic) bond motifs is 1. The van der Waals surface area contributed by atoms with E-state index in [0.717, 1.165) is 0 Å². The first-order chi connectivity index (χ1) is 11.9. The Hall–Kier alpha value is -1.34. The highest BCUT2D eigenvalue weighted by Crippen LogP contribution is 2.82. The Balaban J connectivity index is 1.80. The Morgan fingerprint density at radius 3 is 1.88 bits per heavy atom. The van der Waals surface area contributed by atoms with Gasteiger partial charge in [-0.25, -0.2) is 0 Å². The van der Waals surface area contributed by atoms with Crippen LogP contribution in [0.1, 0.15) is 48.5 Å². The van der Waals surface area contributed by atoms with Crippen LogP contribution in [0.5, 0.6) is 0 Å². The zero-order valence-corrected chi connectivity index (χ0v) is 18.4. The van der Waals surface area contributed by atoms with Crippen molar-refractivity contribution in [1.29, 1.82) is 0 Å². The van der Waals surface area contributed by atoms with E-state index in [0.29, 0.717) is 0 Å². The maximum atomic E-state index is 3.93. The van der Waals surface area contributed by atoms with Crippen molar-refractivity contribution in [2.45, 2.75) is 48.5 Å². The van der Waals surface area contributed by atoms with Gasteiger partial charge in [0.05, 0.1) is 5.41 Å². The summed E-state index contributed by atoms with van der Waals surface area (Å²) in [6.07, 6.45) is 14.7. The van der Waals surface area contributed by atoms with E-state index in [1.54, 1.807) is 5.57 Å². The summed E-state index contributed by atoms with van der Waals surface area (Å²) < 4.78 is 1.25. The normalized spacial score (nSPS) is 34.2. The summed E-state index contributed by atoms with van der Waals surface area (Å²) >= 11 is 3.93. The van der Waals surface area contributed by atoms with Crippen LogP contribution in [-0.4, -0.2) is 0 Å². The molecule has 0 radical (unpaired) electrons. The third-order valence-electron chi connectivity index (χ3n) is 7.18. The second-order valence-corrected chi connectivity index (χ2v) is 11.5. The predicted octanol–water partition coefficient (Wildman–Crippen LogP) is 7.35. The van der Waals surface area contributed by atoms with Gasteiger partial charge in [-0.3, -0.25) is 0 Å². The maximum Gasteiger partial charge on any atom is 0.0589 e. The first kappa shape index (κ1) is 16.8. The lowest BCUT2D eigenvalue weighted by Gasteiger charge is -2.71. The molecular formula is C25H27Br. The summed E-state index contributed by atoms with van der Waals surface area (Å²) in [7, 11) is 0. The summed E-state index contributed by atoms with van der Waals surface area (Å²) in [4.78, 5) is 0. The molecule has 134 valence electrons. The van der Waals surface area contributed by atoms with E-state index in [2.05, 4.69) is 101 Å². The number of halogens is 1. The van der Waals surface area contributed by atoms with E-state index in [1.807, 2.05) is 0 Å². The molecule has 5 rings (SSSR count). The van der Waals surface area contributed by atoms with Crippen LogP contribution in [0.2, 0.25) is 0 Å². The second-order valence-electron chi connectivity index (χ2n) is 10.7. The molecule has 0 heterocycles. The lowest BCUT2D eigenvalue weighted by molar-refractivity contribution is 0.181. The molecule has 2 atom stereocenters. The average Bonchev–Trinajstić information content (AvgIpc) is 2.47. The number of hydrogen-bond donors (Lipinski definition) is 0. The molecule has 1 fully saturated rings. The molecule has 0 aromatic carbocycles. The van der Waals surface area contributed by atoms with Gasteiger partial charge in [-0.2, -0.15) is 0 Å². The quantitative estimate of drug-likeness (QED) is 0.394. The number of hydrogen-bond acceptors (Lipinski definition) is 0. The first-order valence-electron chi connectivity index (χ1n) is 9.65. The Morgan fingerprint density at radius 2 is 1.27 bits per heavy atom. The topological polar surface area (TPSA) is 0 Å². The largest absolute Gasteiger partial charge is 0.0589 e. The van der Waals surface area contributed by atoms with E-state index in [9.17, 15) is 0 Å². The number of rotatable bonds is 0. The van der Waals surface area contributed by atoms with Gasteiger partial charge in [-0.05, 0) is 62.8 Å². The smallest absolute Gasteiger partial charge is 0.0561 e. The Bertz CT molecular complexity index is 1000. The zero-order chi connectivity index (χ0) is 18.9. The molecule has 5 aliphatic carbocycles. The summed E-state index contributed by atoms with van der Waals surface area (Å²) in [6.45, 7) is 16.3. The SMILES string of the molecule is CC(C)(C)C1=CC2=CC(Br)=C3C=C(C(C)(C)C)C=C4C5=CC(=C1)[C@]25[C@@]43C. The van der Waals surface area contributed by atoms with Gasteiger partial charge in [-0.1, -0.05) is 87.9 Å². The van der Waals surface area contributed by atoms with Gasteiger partial charge in [0.15, 0.2) is 0 Å². The standard InChI is InChI=1S/C25H27Br/c1-22(2,3)14-8-16-12-19-18-10-15(23(4,5)6)11-20-21(26)13-17(9-14)25(16,19)24(18,20)7/h8-13H,1-7H3/t24-,25-/m0/s1. The molecule has 1 spiro atoms. The fourth-order valence-electron chi connectivity index (χ4n) is 5.55. The monoisotopic (exact) mass is 406 g/mol. The van der Waals surface area contributed by atoms with E-state index < -0.39 is 0 Å². The molecular weight excluding hydrogens is 380 g/mol. The Kier molecular flexibility index (Phi) is 2.83. The van der Waals surface area contributed by atoms with Crippen LogP contribution in [0.25, 0.3) is 0 Å². The summed E-state index contributed by atoms with van der Waals surface area (Å²) in [6, 6.07) is 0. The van der Waals surface area contributed by atoms with Crippen LogP contribution in [0.4, 0.5) is 0 Å². The van der Waals surface area contributed by atoms with Crippen LogP contribution in [-0.2, 0) is 0 Å². The molecule has 0 unspecified atom stereocenters. The van der Waals surface area contributed by atoms with Gasteiger partial charge < -0.3 is 0 Å². The molecule has 1 heteroatoms. The van der Waals surface area contributed by atoms with Crippen molar-refractivity contribution < 1.29 is 0 Å². The van der Waals surface area contributed by atoms with Crippen LogP contribution >= 0.6 is 15.9 Å². The third kappa shape index (κ3) is 1.59. The minimum Gasteiger partial charge on any atom is -0.0561 e. The van der Waals surface area contributed by atoms with Gasteiger partial charge in [0, 0.05) is 9.90 Å². The molecule has 0 N–H and O–H groups in total. The third-order valence-corrected chi connectivity index (χ3v) is 7.84. The van der Waals surface area contributed by atoms with E-state index in [-0.39, 0.29) is 21.7 Å². The molecule has 0 aliphatic heterocycles. The highest BCUT2D eigenvalue weighted by molar-refractivity contribution is 9.11. The van der Waals surface area contributed by atoms with Gasteiger partial charge >= 0.3 is 0 Å². The minimum atomic E-state index is 0.0699. The van der Waals surface area contributed by atoms with Crippen molar-refractivity contribution in [1.82, 2.24) is 0 Å². The number of allylic oxidation sites excluding steroid dienone is 14. The molecule has 0 saturated heterocycles. The Morgan fingerprint density at radius 1 is 0.692 bits per heavy atom. The molecule has 26 heavy (non-hydrogen) atoms. The summed E-state index contributed by atoms with van der Waals surface area (Å²) in [5.74, 6) is 0. The zero-order valence-electron chi connectivity index (χ0n) is 16.8. The van der Waals surface area contributed by atoms with Gasteiger partial charge in [-0.15, -0.1) is 0 Å². The molecule has 1 saturated carbocycles. The molecule has 5 aliphatic rings. The van der Waals surface area contributed by atoms with Gasteiger partial charge in [0.25, 0.3) is 0 Å².